The van der Waals surface area contributed by atoms with Gasteiger partial charge in [0.25, 0.3) is 5.82 Å². The lowest BCUT2D eigenvalue weighted by atomic mass is 10.2. The summed E-state index contributed by atoms with van der Waals surface area (Å²) >= 11 is 5.95. The lowest BCUT2D eigenvalue weighted by Gasteiger charge is -2.07. The number of aromatic nitrogens is 3. The minimum atomic E-state index is -0.590. The van der Waals surface area contributed by atoms with E-state index in [2.05, 4.69) is 14.8 Å². The molecule has 7 heteroatoms. The van der Waals surface area contributed by atoms with E-state index in [4.69, 9.17) is 17.3 Å². The summed E-state index contributed by atoms with van der Waals surface area (Å²) in [5.41, 5.74) is 7.76. The molecule has 18 heavy (non-hydrogen) atoms. The van der Waals surface area contributed by atoms with Crippen molar-refractivity contribution in [3.63, 3.8) is 0 Å². The quantitative estimate of drug-likeness (QED) is 0.659. The Morgan fingerprint density at radius 3 is 2.89 bits per heavy atom. The van der Waals surface area contributed by atoms with Gasteiger partial charge in [-0.25, -0.2) is 14.5 Å². The van der Waals surface area contributed by atoms with E-state index in [0.29, 0.717) is 16.4 Å². The van der Waals surface area contributed by atoms with Crippen LogP contribution in [-0.2, 0) is 4.74 Å². The molecular weight excluding hydrogens is 256 g/mol. The molecule has 1 heterocycles. The molecule has 2 N–H and O–H groups in total. The molecule has 0 saturated heterocycles. The Morgan fingerprint density at radius 2 is 2.22 bits per heavy atom. The highest BCUT2D eigenvalue weighted by Gasteiger charge is 2.13. The number of rotatable bonds is 2. The van der Waals surface area contributed by atoms with E-state index in [1.54, 1.807) is 12.1 Å². The molecule has 6 nitrogen and oxygen atoms in total. The summed E-state index contributed by atoms with van der Waals surface area (Å²) < 4.78 is 5.99. The number of nitrogens with zero attached hydrogens (tertiary/aromatic N) is 3. The highest BCUT2D eigenvalue weighted by Crippen LogP contribution is 2.25. The number of esters is 1. The van der Waals surface area contributed by atoms with Crippen LogP contribution in [0.2, 0.25) is 5.02 Å². The number of hydrogen-bond acceptors (Lipinski definition) is 5. The second kappa shape index (κ2) is 4.66. The zero-order chi connectivity index (χ0) is 13.3. The highest BCUT2D eigenvalue weighted by atomic mass is 35.5. The van der Waals surface area contributed by atoms with Gasteiger partial charge in [-0.3, -0.25) is 0 Å². The molecule has 0 fully saturated rings. The van der Waals surface area contributed by atoms with E-state index in [1.807, 2.05) is 6.92 Å². The third kappa shape index (κ3) is 2.14. The topological polar surface area (TPSA) is 83.0 Å². The summed E-state index contributed by atoms with van der Waals surface area (Å²) in [7, 11) is 1.27. The van der Waals surface area contributed by atoms with Crippen LogP contribution >= 0.6 is 11.6 Å². The molecule has 1 aromatic heterocycles. The summed E-state index contributed by atoms with van der Waals surface area (Å²) in [6.45, 7) is 1.86. The summed E-state index contributed by atoms with van der Waals surface area (Å²) in [5, 5.41) is 4.44. The second-order valence-electron chi connectivity index (χ2n) is 3.66. The molecule has 0 atom stereocenters. The summed E-state index contributed by atoms with van der Waals surface area (Å²) in [4.78, 5) is 15.1. The Hall–Kier alpha value is -2.08. The molecule has 0 unspecified atom stereocenters. The first-order chi connectivity index (χ1) is 8.52. The molecule has 94 valence electrons. The van der Waals surface area contributed by atoms with Gasteiger partial charge in [0.15, 0.2) is 0 Å². The maximum Gasteiger partial charge on any atom is 0.377 e. The lowest BCUT2D eigenvalue weighted by molar-refractivity contribution is 0.0587. The van der Waals surface area contributed by atoms with E-state index < -0.39 is 5.97 Å². The van der Waals surface area contributed by atoms with Crippen LogP contribution in [0.4, 0.5) is 5.69 Å². The van der Waals surface area contributed by atoms with Gasteiger partial charge in [-0.2, -0.15) is 0 Å². The fourth-order valence-corrected chi connectivity index (χ4v) is 1.66. The van der Waals surface area contributed by atoms with Gasteiger partial charge in [-0.15, -0.1) is 5.10 Å². The number of benzene rings is 1. The van der Waals surface area contributed by atoms with Crippen LogP contribution < -0.4 is 5.73 Å². The van der Waals surface area contributed by atoms with Crippen molar-refractivity contribution < 1.29 is 9.53 Å². The van der Waals surface area contributed by atoms with Crippen LogP contribution in [0.1, 0.15) is 16.2 Å². The first-order valence-electron chi connectivity index (χ1n) is 5.09. The van der Waals surface area contributed by atoms with Crippen LogP contribution in [0.3, 0.4) is 0 Å². The third-order valence-electron chi connectivity index (χ3n) is 2.42. The van der Waals surface area contributed by atoms with Gasteiger partial charge < -0.3 is 10.5 Å². The largest absolute Gasteiger partial charge is 0.463 e. The van der Waals surface area contributed by atoms with Crippen LogP contribution in [0.5, 0.6) is 0 Å². The Kier molecular flexibility index (Phi) is 3.20. The molecule has 0 spiro atoms. The van der Waals surface area contributed by atoms with Crippen LogP contribution in [-0.4, -0.2) is 27.8 Å². The number of hydrogen-bond donors (Lipinski definition) is 1. The number of halogens is 1. The minimum Gasteiger partial charge on any atom is -0.463 e. The predicted octanol–water partition coefficient (Wildman–Crippen LogP) is 1.60. The van der Waals surface area contributed by atoms with Crippen molar-refractivity contribution in [2.24, 2.45) is 0 Å². The fraction of sp³-hybridized carbons (Fsp3) is 0.182. The SMILES string of the molecule is COC(=O)c1ncn(-c2cc(Cl)c(N)cc2C)n1. The first kappa shape index (κ1) is 12.4. The van der Waals surface area contributed by atoms with Crippen molar-refractivity contribution in [2.45, 2.75) is 6.92 Å². The van der Waals surface area contributed by atoms with Crippen molar-refractivity contribution >= 4 is 23.3 Å². The second-order valence-corrected chi connectivity index (χ2v) is 4.07. The number of carbonyl (C=O) groups excluding carboxylic acids is 1. The number of nitrogen functional groups attached to an aromatic ring is 1. The van der Waals surface area contributed by atoms with E-state index in [1.165, 1.54) is 18.1 Å². The van der Waals surface area contributed by atoms with Gasteiger partial charge >= 0.3 is 5.97 Å². The van der Waals surface area contributed by atoms with Crippen LogP contribution in [0.25, 0.3) is 5.69 Å². The summed E-state index contributed by atoms with van der Waals surface area (Å²) in [6, 6.07) is 3.40. The average Bonchev–Trinajstić information content (AvgIpc) is 2.82. The standard InChI is InChI=1S/C11H11ClN4O2/c1-6-3-8(13)7(12)4-9(6)16-5-14-10(15-16)11(17)18-2/h3-5H,13H2,1-2H3. The van der Waals surface area contributed by atoms with Crippen LogP contribution in [0.15, 0.2) is 18.5 Å². The Morgan fingerprint density at radius 1 is 1.50 bits per heavy atom. The van der Waals surface area contributed by atoms with Crippen LogP contribution in [0, 0.1) is 6.92 Å². The number of carbonyl (C=O) groups is 1. The normalized spacial score (nSPS) is 10.4. The Bertz CT molecular complexity index is 609. The number of ether oxygens (including phenoxy) is 1. The van der Waals surface area contributed by atoms with Crippen molar-refractivity contribution in [3.05, 3.63) is 34.9 Å². The Balaban J connectivity index is 2.46. The molecule has 0 aliphatic heterocycles. The first-order valence-corrected chi connectivity index (χ1v) is 5.46. The zero-order valence-corrected chi connectivity index (χ0v) is 10.6. The molecule has 0 radical (unpaired) electrons. The zero-order valence-electron chi connectivity index (χ0n) is 9.85. The van der Waals surface area contributed by atoms with Crippen molar-refractivity contribution in [1.29, 1.82) is 0 Å². The van der Waals surface area contributed by atoms with E-state index >= 15 is 0 Å². The smallest absolute Gasteiger partial charge is 0.377 e. The molecule has 2 aromatic rings. The maximum atomic E-state index is 11.3. The molecule has 0 bridgehead atoms. The molecule has 2 rings (SSSR count). The number of nitrogens with two attached hydrogens (primary N) is 1. The number of methoxy groups -OCH3 is 1. The van der Waals surface area contributed by atoms with E-state index in [0.717, 1.165) is 5.56 Å². The van der Waals surface area contributed by atoms with E-state index in [9.17, 15) is 4.79 Å². The van der Waals surface area contributed by atoms with Crippen molar-refractivity contribution in [2.75, 3.05) is 12.8 Å². The molecular formula is C11H11ClN4O2. The van der Waals surface area contributed by atoms with Crippen molar-refractivity contribution in [1.82, 2.24) is 14.8 Å². The average molecular weight is 267 g/mol. The molecule has 0 aliphatic rings. The monoisotopic (exact) mass is 266 g/mol. The van der Waals surface area contributed by atoms with Gasteiger partial charge in [-0.1, -0.05) is 11.6 Å². The lowest BCUT2D eigenvalue weighted by Crippen LogP contribution is -2.06. The van der Waals surface area contributed by atoms with Gasteiger partial charge in [0.2, 0.25) is 0 Å². The molecule has 0 saturated carbocycles. The van der Waals surface area contributed by atoms with Gasteiger partial charge in [-0.05, 0) is 24.6 Å². The van der Waals surface area contributed by atoms with Gasteiger partial charge in [0.05, 0.1) is 23.5 Å². The molecule has 0 amide bonds. The number of aryl methyl sites for hydroxylation is 1. The number of anilines is 1. The predicted molar refractivity (Wildman–Crippen MR) is 66.9 cm³/mol. The molecule has 1 aromatic carbocycles. The minimum absolute atomic E-state index is 0.00940. The summed E-state index contributed by atoms with van der Waals surface area (Å²) in [6.07, 6.45) is 1.42. The Labute approximate surface area is 108 Å². The van der Waals surface area contributed by atoms with E-state index in [-0.39, 0.29) is 5.82 Å². The maximum absolute atomic E-state index is 11.3. The highest BCUT2D eigenvalue weighted by molar-refractivity contribution is 6.33. The van der Waals surface area contributed by atoms with Gasteiger partial charge in [0.1, 0.15) is 6.33 Å². The summed E-state index contributed by atoms with van der Waals surface area (Å²) in [5.74, 6) is -0.599. The third-order valence-corrected chi connectivity index (χ3v) is 2.75. The van der Waals surface area contributed by atoms with Gasteiger partial charge in [0, 0.05) is 0 Å². The van der Waals surface area contributed by atoms with Crippen molar-refractivity contribution in [3.8, 4) is 5.69 Å². The molecule has 0 aliphatic carbocycles. The fourth-order valence-electron chi connectivity index (χ4n) is 1.50.